The van der Waals surface area contributed by atoms with E-state index < -0.39 is 12.1 Å². The smallest absolute Gasteiger partial charge is 0.411 e. The number of carboxylic acids is 1. The van der Waals surface area contributed by atoms with Crippen LogP contribution in [0.2, 0.25) is 0 Å². The minimum Gasteiger partial charge on any atom is -0.508 e. The summed E-state index contributed by atoms with van der Waals surface area (Å²) in [4.78, 5) is 22.4. The van der Waals surface area contributed by atoms with Crippen LogP contribution in [-0.4, -0.2) is 28.4 Å². The fraction of sp³-hybridized carbons (Fsp3) is 0.385. The van der Waals surface area contributed by atoms with Gasteiger partial charge in [0, 0.05) is 11.8 Å². The molecule has 0 radical (unpaired) electrons. The van der Waals surface area contributed by atoms with Crippen LogP contribution in [0.25, 0.3) is 0 Å². The summed E-state index contributed by atoms with van der Waals surface area (Å²) in [6, 6.07) is 3.64. The lowest BCUT2D eigenvalue weighted by molar-refractivity contribution is 0.0696. The Hall–Kier alpha value is -2.24. The first-order valence-corrected chi connectivity index (χ1v) is 6.09. The van der Waals surface area contributed by atoms with Gasteiger partial charge in [0.25, 0.3) is 0 Å². The molecular formula is C13H15NO5. The number of rotatable bonds is 3. The standard InChI is InChI=1S/C13H15NO5/c15-10-6-8(12(16)17)5-9(7-10)14-13(18)19-11-3-1-2-4-11/h5-7,11,15H,1-4H2,(H,14,18)(H,16,17). The van der Waals surface area contributed by atoms with E-state index in [1.807, 2.05) is 0 Å². The molecule has 0 atom stereocenters. The topological polar surface area (TPSA) is 95.9 Å². The zero-order valence-corrected chi connectivity index (χ0v) is 10.3. The summed E-state index contributed by atoms with van der Waals surface area (Å²) in [6.07, 6.45) is 3.10. The Morgan fingerprint density at radius 3 is 2.53 bits per heavy atom. The lowest BCUT2D eigenvalue weighted by atomic mass is 10.2. The molecule has 1 fully saturated rings. The van der Waals surface area contributed by atoms with Crippen LogP contribution in [0, 0.1) is 0 Å². The lowest BCUT2D eigenvalue weighted by Crippen LogP contribution is -2.20. The fourth-order valence-electron chi connectivity index (χ4n) is 2.11. The van der Waals surface area contributed by atoms with Crippen LogP contribution < -0.4 is 5.32 Å². The summed E-state index contributed by atoms with van der Waals surface area (Å²) in [7, 11) is 0. The molecule has 0 aromatic heterocycles. The highest BCUT2D eigenvalue weighted by Crippen LogP contribution is 2.23. The van der Waals surface area contributed by atoms with Crippen LogP contribution in [0.5, 0.6) is 5.75 Å². The fourth-order valence-corrected chi connectivity index (χ4v) is 2.11. The molecule has 0 heterocycles. The summed E-state index contributed by atoms with van der Waals surface area (Å²) in [5, 5.41) is 20.6. The van der Waals surface area contributed by atoms with Gasteiger partial charge in [-0.25, -0.2) is 9.59 Å². The molecular weight excluding hydrogens is 250 g/mol. The molecule has 1 aliphatic rings. The number of carbonyl (C=O) groups excluding carboxylic acids is 1. The molecule has 102 valence electrons. The average molecular weight is 265 g/mol. The first-order valence-electron chi connectivity index (χ1n) is 6.09. The maximum Gasteiger partial charge on any atom is 0.411 e. The van der Waals surface area contributed by atoms with Gasteiger partial charge in [-0.15, -0.1) is 0 Å². The first-order chi connectivity index (χ1) is 9.04. The second kappa shape index (κ2) is 5.60. The number of nitrogens with one attached hydrogen (secondary N) is 1. The number of carboxylic acid groups (broad SMARTS) is 1. The Kier molecular flexibility index (Phi) is 3.89. The van der Waals surface area contributed by atoms with Gasteiger partial charge in [0.05, 0.1) is 5.56 Å². The van der Waals surface area contributed by atoms with E-state index in [-0.39, 0.29) is 23.1 Å². The maximum absolute atomic E-state index is 11.6. The summed E-state index contributed by atoms with van der Waals surface area (Å²) in [6.45, 7) is 0. The predicted molar refractivity (Wildman–Crippen MR) is 67.4 cm³/mol. The Morgan fingerprint density at radius 1 is 1.21 bits per heavy atom. The van der Waals surface area contributed by atoms with Crippen molar-refractivity contribution in [3.63, 3.8) is 0 Å². The van der Waals surface area contributed by atoms with Crippen molar-refractivity contribution in [3.8, 4) is 5.75 Å². The monoisotopic (exact) mass is 265 g/mol. The molecule has 0 spiro atoms. The molecule has 1 amide bonds. The van der Waals surface area contributed by atoms with Crippen molar-refractivity contribution in [1.29, 1.82) is 0 Å². The van der Waals surface area contributed by atoms with E-state index in [1.165, 1.54) is 12.1 Å². The normalized spacial score (nSPS) is 15.2. The van der Waals surface area contributed by atoms with Crippen LogP contribution in [0.4, 0.5) is 10.5 Å². The molecule has 0 bridgehead atoms. The van der Waals surface area contributed by atoms with Crippen molar-refractivity contribution in [2.45, 2.75) is 31.8 Å². The Balaban J connectivity index is 2.01. The van der Waals surface area contributed by atoms with Crippen molar-refractivity contribution in [3.05, 3.63) is 23.8 Å². The molecule has 1 aliphatic carbocycles. The molecule has 6 heteroatoms. The number of ether oxygens (including phenoxy) is 1. The number of carbonyl (C=O) groups is 2. The molecule has 19 heavy (non-hydrogen) atoms. The van der Waals surface area contributed by atoms with Crippen molar-refractivity contribution in [2.24, 2.45) is 0 Å². The number of phenols is 1. The molecule has 2 rings (SSSR count). The summed E-state index contributed by atoms with van der Waals surface area (Å²) in [5.41, 5.74) is 0.0940. The van der Waals surface area contributed by atoms with E-state index in [4.69, 9.17) is 9.84 Å². The van der Waals surface area contributed by atoms with E-state index in [0.717, 1.165) is 31.7 Å². The number of amides is 1. The van der Waals surface area contributed by atoms with Crippen LogP contribution in [0.3, 0.4) is 0 Å². The number of aromatic hydroxyl groups is 1. The van der Waals surface area contributed by atoms with Crippen LogP contribution in [-0.2, 0) is 4.74 Å². The van der Waals surface area contributed by atoms with E-state index >= 15 is 0 Å². The molecule has 0 unspecified atom stereocenters. The quantitative estimate of drug-likeness (QED) is 0.780. The first kappa shape index (κ1) is 13.2. The molecule has 0 aliphatic heterocycles. The average Bonchev–Trinajstić information content (AvgIpc) is 2.80. The highest BCUT2D eigenvalue weighted by atomic mass is 16.6. The molecule has 3 N–H and O–H groups in total. The van der Waals surface area contributed by atoms with Crippen LogP contribution in [0.15, 0.2) is 18.2 Å². The van der Waals surface area contributed by atoms with Gasteiger partial charge in [0.2, 0.25) is 0 Å². The second-order valence-corrected chi connectivity index (χ2v) is 4.51. The Morgan fingerprint density at radius 2 is 1.89 bits per heavy atom. The second-order valence-electron chi connectivity index (χ2n) is 4.51. The zero-order valence-electron chi connectivity index (χ0n) is 10.3. The van der Waals surface area contributed by atoms with Gasteiger partial charge in [-0.05, 0) is 37.8 Å². The number of aromatic carboxylic acids is 1. The van der Waals surface area contributed by atoms with Crippen molar-refractivity contribution in [1.82, 2.24) is 0 Å². The van der Waals surface area contributed by atoms with Crippen molar-refractivity contribution < 1.29 is 24.5 Å². The maximum atomic E-state index is 11.6. The zero-order chi connectivity index (χ0) is 13.8. The van der Waals surface area contributed by atoms with Crippen LogP contribution >= 0.6 is 0 Å². The van der Waals surface area contributed by atoms with E-state index in [9.17, 15) is 14.7 Å². The number of benzene rings is 1. The molecule has 6 nitrogen and oxygen atoms in total. The van der Waals surface area contributed by atoms with Gasteiger partial charge in [0.1, 0.15) is 11.9 Å². The van der Waals surface area contributed by atoms with E-state index in [1.54, 1.807) is 0 Å². The highest BCUT2D eigenvalue weighted by Gasteiger charge is 2.19. The predicted octanol–water partition coefficient (Wildman–Crippen LogP) is 2.58. The molecule has 0 saturated heterocycles. The number of phenolic OH excluding ortho intramolecular Hbond substituents is 1. The summed E-state index contributed by atoms with van der Waals surface area (Å²) < 4.78 is 5.18. The van der Waals surface area contributed by atoms with Crippen molar-refractivity contribution in [2.75, 3.05) is 5.32 Å². The Bertz CT molecular complexity index is 494. The van der Waals surface area contributed by atoms with Gasteiger partial charge in [0.15, 0.2) is 0 Å². The van der Waals surface area contributed by atoms with Gasteiger partial charge >= 0.3 is 12.1 Å². The number of anilines is 1. The molecule has 1 aromatic rings. The van der Waals surface area contributed by atoms with E-state index in [2.05, 4.69) is 5.32 Å². The van der Waals surface area contributed by atoms with Gasteiger partial charge in [-0.1, -0.05) is 0 Å². The third-order valence-electron chi connectivity index (χ3n) is 2.99. The van der Waals surface area contributed by atoms with Crippen LogP contribution in [0.1, 0.15) is 36.0 Å². The molecule has 1 saturated carbocycles. The number of hydrogen-bond acceptors (Lipinski definition) is 4. The summed E-state index contributed by atoms with van der Waals surface area (Å²) >= 11 is 0. The highest BCUT2D eigenvalue weighted by molar-refractivity contribution is 5.92. The van der Waals surface area contributed by atoms with Gasteiger partial charge < -0.3 is 14.9 Å². The SMILES string of the molecule is O=C(Nc1cc(O)cc(C(=O)O)c1)OC1CCCC1. The Labute approximate surface area is 110 Å². The van der Waals surface area contributed by atoms with Gasteiger partial charge in [-0.3, -0.25) is 5.32 Å². The van der Waals surface area contributed by atoms with E-state index in [0.29, 0.717) is 0 Å². The molecule has 1 aromatic carbocycles. The van der Waals surface area contributed by atoms with Gasteiger partial charge in [-0.2, -0.15) is 0 Å². The van der Waals surface area contributed by atoms with Crippen molar-refractivity contribution >= 4 is 17.7 Å². The third-order valence-corrected chi connectivity index (χ3v) is 2.99. The summed E-state index contributed by atoms with van der Waals surface area (Å²) in [5.74, 6) is -1.40. The number of hydrogen-bond donors (Lipinski definition) is 3. The largest absolute Gasteiger partial charge is 0.508 e. The minimum atomic E-state index is -1.18. The lowest BCUT2D eigenvalue weighted by Gasteiger charge is -2.12. The third kappa shape index (κ3) is 3.61. The minimum absolute atomic E-state index is 0.0729.